The maximum absolute atomic E-state index is 11.5. The first kappa shape index (κ1) is 13.5. The Morgan fingerprint density at radius 3 is 2.71 bits per heavy atom. The van der Waals surface area contributed by atoms with E-state index in [1.54, 1.807) is 12.3 Å². The summed E-state index contributed by atoms with van der Waals surface area (Å²) in [5.41, 5.74) is 6.64. The highest BCUT2D eigenvalue weighted by atomic mass is 16.2. The number of rotatable bonds is 2. The third-order valence-corrected chi connectivity index (χ3v) is 3.50. The van der Waals surface area contributed by atoms with E-state index in [9.17, 15) is 9.59 Å². The lowest BCUT2D eigenvalue weighted by atomic mass is 10.1. The van der Waals surface area contributed by atoms with Crippen LogP contribution in [0.1, 0.15) is 18.5 Å². The number of amides is 3. The summed E-state index contributed by atoms with van der Waals surface area (Å²) in [6.45, 7) is 1.64. The van der Waals surface area contributed by atoms with Gasteiger partial charge in [0.15, 0.2) is 0 Å². The summed E-state index contributed by atoms with van der Waals surface area (Å²) in [5.74, 6) is 0.157. The van der Waals surface area contributed by atoms with E-state index in [1.807, 2.05) is 0 Å². The summed E-state index contributed by atoms with van der Waals surface area (Å²) in [7, 11) is 0. The van der Waals surface area contributed by atoms with E-state index in [2.05, 4.69) is 25.5 Å². The van der Waals surface area contributed by atoms with E-state index in [0.717, 1.165) is 25.9 Å². The molecule has 110 valence electrons. The molecule has 1 aromatic rings. The molecule has 0 aliphatic carbocycles. The smallest absolute Gasteiger partial charge is 0.326 e. The summed E-state index contributed by atoms with van der Waals surface area (Å²) in [6.07, 6.45) is 4.99. The molecule has 4 N–H and O–H groups in total. The Hall–Kier alpha value is -2.48. The largest absolute Gasteiger partial charge is 0.341 e. The molecule has 2 aliphatic heterocycles. The number of carbonyl (C=O) groups is 2. The second-order valence-electron chi connectivity index (χ2n) is 5.07. The van der Waals surface area contributed by atoms with Gasteiger partial charge in [0.2, 0.25) is 5.95 Å². The molecule has 0 unspecified atom stereocenters. The Bertz CT molecular complexity index is 606. The number of hydrogen-bond acceptors (Lipinski definition) is 6. The fourth-order valence-corrected chi connectivity index (χ4v) is 2.32. The first-order chi connectivity index (χ1) is 10.1. The van der Waals surface area contributed by atoms with Crippen molar-refractivity contribution in [1.29, 1.82) is 0 Å². The van der Waals surface area contributed by atoms with Crippen molar-refractivity contribution in [2.24, 2.45) is 5.73 Å². The van der Waals surface area contributed by atoms with E-state index >= 15 is 0 Å². The van der Waals surface area contributed by atoms with Gasteiger partial charge in [-0.3, -0.25) is 10.1 Å². The van der Waals surface area contributed by atoms with Gasteiger partial charge in [-0.2, -0.15) is 0 Å². The number of hydrogen-bond donors (Lipinski definition) is 3. The summed E-state index contributed by atoms with van der Waals surface area (Å²) in [6, 6.07) is 1.40. The summed E-state index contributed by atoms with van der Waals surface area (Å²) < 4.78 is 0. The van der Waals surface area contributed by atoms with E-state index in [-0.39, 0.29) is 11.7 Å². The van der Waals surface area contributed by atoms with Crippen molar-refractivity contribution in [2.75, 3.05) is 18.0 Å². The first-order valence-corrected chi connectivity index (χ1v) is 6.79. The lowest BCUT2D eigenvalue weighted by Gasteiger charge is -2.30. The van der Waals surface area contributed by atoms with Crippen LogP contribution in [0, 0.1) is 0 Å². The molecule has 0 spiro atoms. The Morgan fingerprint density at radius 1 is 1.29 bits per heavy atom. The van der Waals surface area contributed by atoms with Crippen LogP contribution in [-0.4, -0.2) is 41.0 Å². The predicted octanol–water partition coefficient (Wildman–Crippen LogP) is -0.416. The van der Waals surface area contributed by atoms with Crippen molar-refractivity contribution in [2.45, 2.75) is 18.9 Å². The van der Waals surface area contributed by atoms with Gasteiger partial charge in [0.05, 0.1) is 5.69 Å². The van der Waals surface area contributed by atoms with Crippen LogP contribution in [0.3, 0.4) is 0 Å². The van der Waals surface area contributed by atoms with Crippen LogP contribution in [0.4, 0.5) is 10.7 Å². The van der Waals surface area contributed by atoms with Gasteiger partial charge in [-0.05, 0) is 25.0 Å². The van der Waals surface area contributed by atoms with Crippen LogP contribution in [0.2, 0.25) is 0 Å². The quantitative estimate of drug-likeness (QED) is 0.503. The SMILES string of the molecule is NC1CCN(c2nccc(C=C3NC(=O)NC3=O)n2)CC1. The van der Waals surface area contributed by atoms with Crippen LogP contribution >= 0.6 is 0 Å². The topological polar surface area (TPSA) is 113 Å². The Kier molecular flexibility index (Phi) is 3.53. The number of aromatic nitrogens is 2. The fourth-order valence-electron chi connectivity index (χ4n) is 2.32. The molecular formula is C13H16N6O2. The highest BCUT2D eigenvalue weighted by Gasteiger charge is 2.23. The van der Waals surface area contributed by atoms with E-state index in [0.29, 0.717) is 11.6 Å². The number of piperidine rings is 1. The number of nitrogens with zero attached hydrogens (tertiary/aromatic N) is 3. The van der Waals surface area contributed by atoms with Crippen molar-refractivity contribution in [3.63, 3.8) is 0 Å². The first-order valence-electron chi connectivity index (χ1n) is 6.79. The van der Waals surface area contributed by atoms with Crippen LogP contribution in [-0.2, 0) is 4.79 Å². The normalized spacial score (nSPS) is 21.6. The van der Waals surface area contributed by atoms with Gasteiger partial charge in [-0.1, -0.05) is 0 Å². The van der Waals surface area contributed by atoms with Crippen molar-refractivity contribution < 1.29 is 9.59 Å². The van der Waals surface area contributed by atoms with Gasteiger partial charge >= 0.3 is 6.03 Å². The van der Waals surface area contributed by atoms with Gasteiger partial charge in [0, 0.05) is 25.3 Å². The monoisotopic (exact) mass is 288 g/mol. The third kappa shape index (κ3) is 3.00. The lowest BCUT2D eigenvalue weighted by Crippen LogP contribution is -2.40. The molecule has 8 nitrogen and oxygen atoms in total. The molecule has 2 aliphatic rings. The fraction of sp³-hybridized carbons (Fsp3) is 0.385. The zero-order chi connectivity index (χ0) is 14.8. The van der Waals surface area contributed by atoms with Crippen LogP contribution < -0.4 is 21.3 Å². The van der Waals surface area contributed by atoms with E-state index in [1.165, 1.54) is 6.08 Å². The molecule has 1 aromatic heterocycles. The molecule has 8 heteroatoms. The van der Waals surface area contributed by atoms with Crippen LogP contribution in [0.5, 0.6) is 0 Å². The third-order valence-electron chi connectivity index (χ3n) is 3.50. The second kappa shape index (κ2) is 5.49. The minimum Gasteiger partial charge on any atom is -0.341 e. The van der Waals surface area contributed by atoms with E-state index in [4.69, 9.17) is 5.73 Å². The molecule has 0 saturated carbocycles. The maximum atomic E-state index is 11.5. The number of nitrogens with two attached hydrogens (primary N) is 1. The number of imide groups is 1. The molecule has 21 heavy (non-hydrogen) atoms. The Morgan fingerprint density at radius 2 is 2.05 bits per heavy atom. The molecule has 2 saturated heterocycles. The number of nitrogens with one attached hydrogen (secondary N) is 2. The summed E-state index contributed by atoms with van der Waals surface area (Å²) in [5, 5.41) is 4.57. The number of urea groups is 1. The van der Waals surface area contributed by atoms with Crippen molar-refractivity contribution >= 4 is 24.0 Å². The van der Waals surface area contributed by atoms with Crippen molar-refractivity contribution in [3.8, 4) is 0 Å². The molecule has 0 atom stereocenters. The average Bonchev–Trinajstić information content (AvgIpc) is 2.78. The second-order valence-corrected chi connectivity index (χ2v) is 5.07. The van der Waals surface area contributed by atoms with Gasteiger partial charge in [0.25, 0.3) is 5.91 Å². The molecular weight excluding hydrogens is 272 g/mol. The van der Waals surface area contributed by atoms with Crippen molar-refractivity contribution in [3.05, 3.63) is 23.7 Å². The van der Waals surface area contributed by atoms with Gasteiger partial charge in [-0.25, -0.2) is 14.8 Å². The molecule has 2 fully saturated rings. The minimum atomic E-state index is -0.523. The van der Waals surface area contributed by atoms with Gasteiger partial charge < -0.3 is 16.0 Å². The Labute approximate surface area is 121 Å². The molecule has 3 amide bonds. The highest BCUT2D eigenvalue weighted by Crippen LogP contribution is 2.16. The zero-order valence-corrected chi connectivity index (χ0v) is 11.4. The molecule has 3 rings (SSSR count). The summed E-state index contributed by atoms with van der Waals surface area (Å²) in [4.78, 5) is 33.3. The Balaban J connectivity index is 1.79. The van der Waals surface area contributed by atoms with Crippen LogP contribution in [0.25, 0.3) is 6.08 Å². The lowest BCUT2D eigenvalue weighted by molar-refractivity contribution is -0.115. The zero-order valence-electron chi connectivity index (χ0n) is 11.4. The van der Waals surface area contributed by atoms with E-state index < -0.39 is 11.9 Å². The molecule has 0 bridgehead atoms. The maximum Gasteiger partial charge on any atom is 0.326 e. The molecule has 0 aromatic carbocycles. The highest BCUT2D eigenvalue weighted by molar-refractivity contribution is 6.13. The van der Waals surface area contributed by atoms with Crippen molar-refractivity contribution in [1.82, 2.24) is 20.6 Å². The van der Waals surface area contributed by atoms with Gasteiger partial charge in [-0.15, -0.1) is 0 Å². The predicted molar refractivity (Wildman–Crippen MR) is 76.1 cm³/mol. The van der Waals surface area contributed by atoms with Gasteiger partial charge in [0.1, 0.15) is 5.70 Å². The standard InChI is InChI=1S/C13H16N6O2/c14-8-2-5-19(6-3-8)12-15-4-1-9(16-12)7-10-11(20)18-13(21)17-10/h1,4,7-8H,2-3,5-6,14H2,(H2,17,18,20,21). The summed E-state index contributed by atoms with van der Waals surface area (Å²) >= 11 is 0. The van der Waals surface area contributed by atoms with Crippen LogP contribution in [0.15, 0.2) is 18.0 Å². The minimum absolute atomic E-state index is 0.185. The number of anilines is 1. The average molecular weight is 288 g/mol. The molecule has 3 heterocycles. The molecule has 0 radical (unpaired) electrons. The number of carbonyl (C=O) groups excluding carboxylic acids is 2.